The predicted octanol–water partition coefficient (Wildman–Crippen LogP) is 2.86. The molecular formula is C14H15F3N2O2S. The molecule has 0 saturated carbocycles. The highest BCUT2D eigenvalue weighted by Gasteiger charge is 2.44. The Labute approximate surface area is 131 Å². The number of allylic oxidation sites excluding steroid dienone is 3. The van der Waals surface area contributed by atoms with Crippen molar-refractivity contribution < 1.29 is 23.0 Å². The summed E-state index contributed by atoms with van der Waals surface area (Å²) in [6, 6.07) is 1.80. The van der Waals surface area contributed by atoms with E-state index in [1.807, 2.05) is 0 Å². The van der Waals surface area contributed by atoms with Gasteiger partial charge < -0.3 is 15.6 Å². The van der Waals surface area contributed by atoms with Gasteiger partial charge in [0.1, 0.15) is 22.4 Å². The number of nitrogens with zero attached hydrogens (tertiary/aromatic N) is 1. The first-order chi connectivity index (χ1) is 9.99. The Morgan fingerprint density at radius 1 is 1.55 bits per heavy atom. The zero-order valence-electron chi connectivity index (χ0n) is 11.9. The number of hydrogen-bond donors (Lipinski definition) is 2. The molecule has 0 amide bonds. The maximum atomic E-state index is 12.4. The van der Waals surface area contributed by atoms with Gasteiger partial charge in [0.15, 0.2) is 0 Å². The van der Waals surface area contributed by atoms with Crippen molar-refractivity contribution in [3.8, 4) is 6.07 Å². The van der Waals surface area contributed by atoms with Crippen LogP contribution in [0.15, 0.2) is 35.1 Å². The molecule has 0 saturated heterocycles. The molecule has 0 heterocycles. The summed E-state index contributed by atoms with van der Waals surface area (Å²) >= 11 is 4.70. The van der Waals surface area contributed by atoms with E-state index in [-0.39, 0.29) is 17.0 Å². The lowest BCUT2D eigenvalue weighted by Gasteiger charge is -2.36. The largest absolute Gasteiger partial charge is 0.572 e. The fourth-order valence-electron chi connectivity index (χ4n) is 1.96. The van der Waals surface area contributed by atoms with Crippen LogP contribution in [0.3, 0.4) is 0 Å². The molecule has 1 aliphatic carbocycles. The van der Waals surface area contributed by atoms with Crippen molar-refractivity contribution in [1.29, 1.82) is 5.26 Å². The van der Waals surface area contributed by atoms with E-state index in [1.54, 1.807) is 19.9 Å². The fourth-order valence-corrected chi connectivity index (χ4v) is 2.07. The van der Waals surface area contributed by atoms with Crippen molar-refractivity contribution in [3.05, 3.63) is 35.1 Å². The van der Waals surface area contributed by atoms with E-state index in [9.17, 15) is 18.3 Å². The summed E-state index contributed by atoms with van der Waals surface area (Å²) in [4.78, 5) is -0.127. The predicted molar refractivity (Wildman–Crippen MR) is 78.2 cm³/mol. The summed E-state index contributed by atoms with van der Waals surface area (Å²) in [5.74, 6) is -1.13. The normalized spacial score (nSPS) is 22.7. The molecule has 0 radical (unpaired) electrons. The van der Waals surface area contributed by atoms with Gasteiger partial charge in [0.2, 0.25) is 0 Å². The van der Waals surface area contributed by atoms with Crippen LogP contribution in [0.4, 0.5) is 13.2 Å². The fraction of sp³-hybridized carbons (Fsp3) is 0.429. The minimum absolute atomic E-state index is 0.0148. The maximum absolute atomic E-state index is 12.4. The van der Waals surface area contributed by atoms with Crippen LogP contribution >= 0.6 is 12.2 Å². The quantitative estimate of drug-likeness (QED) is 0.470. The van der Waals surface area contributed by atoms with E-state index >= 15 is 0 Å². The van der Waals surface area contributed by atoms with Crippen LogP contribution in [0, 0.1) is 17.2 Å². The maximum Gasteiger partial charge on any atom is 0.572 e. The van der Waals surface area contributed by atoms with E-state index in [1.165, 1.54) is 12.2 Å². The Hall–Kier alpha value is -1.85. The Kier molecular flexibility index (Phi) is 5.38. The lowest BCUT2D eigenvalue weighted by molar-refractivity contribution is -0.316. The molecule has 1 atom stereocenters. The van der Waals surface area contributed by atoms with E-state index < -0.39 is 23.6 Å². The van der Waals surface area contributed by atoms with Gasteiger partial charge >= 0.3 is 6.36 Å². The van der Waals surface area contributed by atoms with Crippen molar-refractivity contribution in [1.82, 2.24) is 0 Å². The van der Waals surface area contributed by atoms with Gasteiger partial charge in [-0.2, -0.15) is 5.26 Å². The topological polar surface area (TPSA) is 79.3 Å². The number of rotatable bonds is 4. The van der Waals surface area contributed by atoms with E-state index in [2.05, 4.69) is 4.74 Å². The van der Waals surface area contributed by atoms with Crippen LogP contribution in [-0.2, 0) is 4.74 Å². The third-order valence-electron chi connectivity index (χ3n) is 3.25. The van der Waals surface area contributed by atoms with Gasteiger partial charge in [0.25, 0.3) is 0 Å². The summed E-state index contributed by atoms with van der Waals surface area (Å²) in [6.07, 6.45) is -1.34. The van der Waals surface area contributed by atoms with Gasteiger partial charge in [-0.05, 0) is 23.6 Å². The standard InChI is InChI=1S/C14H15F3N2O2S/c1-8(2)13(20)6-9(5-10(7-18)12(19)22)3-4-11(13)21-14(15,16)17/h3-5,8,20H,6H2,1-2H3,(H2,19,22). The average molecular weight is 332 g/mol. The first-order valence-corrected chi connectivity index (χ1v) is 6.71. The molecule has 4 nitrogen and oxygen atoms in total. The van der Waals surface area contributed by atoms with Crippen LogP contribution in [0.1, 0.15) is 20.3 Å². The smallest absolute Gasteiger partial charge is 0.407 e. The summed E-state index contributed by atoms with van der Waals surface area (Å²) in [5, 5.41) is 19.5. The number of halogens is 3. The van der Waals surface area contributed by atoms with Crippen LogP contribution < -0.4 is 5.73 Å². The molecule has 0 spiro atoms. The van der Waals surface area contributed by atoms with Crippen LogP contribution in [0.2, 0.25) is 0 Å². The van der Waals surface area contributed by atoms with Crippen molar-refractivity contribution in [2.24, 2.45) is 11.7 Å². The molecule has 3 N–H and O–H groups in total. The SMILES string of the molecule is CC(C)C1(O)CC(C=C(C#N)C(N)=S)=CC=C1OC(F)(F)F. The highest BCUT2D eigenvalue weighted by Crippen LogP contribution is 2.39. The Bertz CT molecular complexity index is 600. The molecule has 120 valence electrons. The second kappa shape index (κ2) is 6.50. The summed E-state index contributed by atoms with van der Waals surface area (Å²) in [7, 11) is 0. The minimum Gasteiger partial charge on any atom is -0.407 e. The molecule has 0 aliphatic heterocycles. The van der Waals surface area contributed by atoms with E-state index in [0.717, 1.165) is 6.08 Å². The highest BCUT2D eigenvalue weighted by atomic mass is 32.1. The van der Waals surface area contributed by atoms with Crippen molar-refractivity contribution >= 4 is 17.2 Å². The molecule has 1 unspecified atom stereocenters. The van der Waals surface area contributed by atoms with Gasteiger partial charge in [-0.3, -0.25) is 0 Å². The number of nitrogens with two attached hydrogens (primary N) is 1. The first-order valence-electron chi connectivity index (χ1n) is 6.30. The number of alkyl halides is 3. The monoisotopic (exact) mass is 332 g/mol. The molecule has 0 aromatic carbocycles. The zero-order valence-corrected chi connectivity index (χ0v) is 12.8. The van der Waals surface area contributed by atoms with E-state index in [0.29, 0.717) is 5.57 Å². The Morgan fingerprint density at radius 2 is 2.14 bits per heavy atom. The van der Waals surface area contributed by atoms with Crippen LogP contribution in [0.5, 0.6) is 0 Å². The first kappa shape index (κ1) is 18.2. The second-order valence-electron chi connectivity index (χ2n) is 5.11. The second-order valence-corrected chi connectivity index (χ2v) is 5.55. The molecule has 1 rings (SSSR count). The summed E-state index contributed by atoms with van der Waals surface area (Å²) < 4.78 is 41.2. The van der Waals surface area contributed by atoms with Gasteiger partial charge in [-0.15, -0.1) is 13.2 Å². The number of nitriles is 1. The van der Waals surface area contributed by atoms with Gasteiger partial charge in [0.05, 0.1) is 5.57 Å². The summed E-state index contributed by atoms with van der Waals surface area (Å²) in [5.41, 5.74) is 3.96. The molecule has 8 heteroatoms. The number of aliphatic hydroxyl groups is 1. The third-order valence-corrected chi connectivity index (χ3v) is 3.47. The van der Waals surface area contributed by atoms with Crippen LogP contribution in [-0.4, -0.2) is 22.1 Å². The molecule has 1 aliphatic rings. The van der Waals surface area contributed by atoms with Crippen molar-refractivity contribution in [2.75, 3.05) is 0 Å². The molecule has 0 aromatic heterocycles. The molecule has 0 aromatic rings. The van der Waals surface area contributed by atoms with Gasteiger partial charge in [-0.25, -0.2) is 0 Å². The molecule has 0 bridgehead atoms. The Balaban J connectivity index is 3.24. The van der Waals surface area contributed by atoms with E-state index in [4.69, 9.17) is 23.2 Å². The van der Waals surface area contributed by atoms with Crippen molar-refractivity contribution in [2.45, 2.75) is 32.2 Å². The Morgan fingerprint density at radius 3 is 2.55 bits per heavy atom. The van der Waals surface area contributed by atoms with Gasteiger partial charge in [0, 0.05) is 6.42 Å². The highest BCUT2D eigenvalue weighted by molar-refractivity contribution is 7.80. The number of ether oxygens (including phenoxy) is 1. The molecular weight excluding hydrogens is 317 g/mol. The lowest BCUT2D eigenvalue weighted by atomic mass is 9.79. The summed E-state index contributed by atoms with van der Waals surface area (Å²) in [6.45, 7) is 3.14. The molecule has 22 heavy (non-hydrogen) atoms. The number of hydrogen-bond acceptors (Lipinski definition) is 4. The van der Waals surface area contributed by atoms with Crippen molar-refractivity contribution in [3.63, 3.8) is 0 Å². The van der Waals surface area contributed by atoms with Gasteiger partial charge in [-0.1, -0.05) is 32.1 Å². The van der Waals surface area contributed by atoms with Crippen LogP contribution in [0.25, 0.3) is 0 Å². The zero-order chi connectivity index (χ0) is 17.1. The molecule has 0 fully saturated rings. The average Bonchev–Trinajstić information content (AvgIpc) is 2.37. The third kappa shape index (κ3) is 4.32. The lowest BCUT2D eigenvalue weighted by Crippen LogP contribution is -2.41. The number of thiocarbonyl (C=S) groups is 1. The minimum atomic E-state index is -4.90.